The molecule has 3 aromatic rings. The number of hydrogen-bond donors (Lipinski definition) is 0. The third-order valence-corrected chi connectivity index (χ3v) is 3.60. The molecule has 0 atom stereocenters. The van der Waals surface area contributed by atoms with Gasteiger partial charge in [0.2, 0.25) is 5.76 Å². The zero-order valence-corrected chi connectivity index (χ0v) is 13.5. The SMILES string of the molecule is O=C(COC(=O)c1ccc(-c2ccc([N+](=O)[O-])cc2)o1)c1ccccc1. The highest BCUT2D eigenvalue weighted by atomic mass is 16.6. The normalized spacial score (nSPS) is 10.3. The maximum atomic E-state index is 12.0. The first-order valence-electron chi connectivity index (χ1n) is 7.64. The van der Waals surface area contributed by atoms with E-state index in [0.29, 0.717) is 16.9 Å². The van der Waals surface area contributed by atoms with Gasteiger partial charge in [0.1, 0.15) is 5.76 Å². The van der Waals surface area contributed by atoms with Crippen molar-refractivity contribution in [3.8, 4) is 11.3 Å². The van der Waals surface area contributed by atoms with Gasteiger partial charge in [0.25, 0.3) is 5.69 Å². The topological polar surface area (TPSA) is 99.7 Å². The molecule has 1 heterocycles. The Balaban J connectivity index is 1.64. The van der Waals surface area contributed by atoms with Crippen molar-refractivity contribution in [2.75, 3.05) is 6.61 Å². The highest BCUT2D eigenvalue weighted by Crippen LogP contribution is 2.24. The lowest BCUT2D eigenvalue weighted by atomic mass is 10.1. The second-order valence-corrected chi connectivity index (χ2v) is 5.33. The van der Waals surface area contributed by atoms with Crippen molar-refractivity contribution in [3.63, 3.8) is 0 Å². The second kappa shape index (κ2) is 7.43. The summed E-state index contributed by atoms with van der Waals surface area (Å²) in [5.74, 6) is -0.774. The maximum Gasteiger partial charge on any atom is 0.374 e. The van der Waals surface area contributed by atoms with Gasteiger partial charge in [-0.25, -0.2) is 4.79 Å². The molecule has 0 saturated carbocycles. The molecule has 3 rings (SSSR count). The van der Waals surface area contributed by atoms with E-state index in [1.807, 2.05) is 0 Å². The van der Waals surface area contributed by atoms with Crippen LogP contribution in [0.3, 0.4) is 0 Å². The zero-order valence-electron chi connectivity index (χ0n) is 13.5. The molecule has 0 aliphatic heterocycles. The van der Waals surface area contributed by atoms with E-state index in [1.54, 1.807) is 36.4 Å². The van der Waals surface area contributed by atoms with E-state index >= 15 is 0 Å². The molecule has 7 heteroatoms. The highest BCUT2D eigenvalue weighted by molar-refractivity contribution is 5.98. The van der Waals surface area contributed by atoms with Crippen molar-refractivity contribution in [1.82, 2.24) is 0 Å². The third kappa shape index (κ3) is 3.84. The highest BCUT2D eigenvalue weighted by Gasteiger charge is 2.16. The summed E-state index contributed by atoms with van der Waals surface area (Å²) in [6, 6.07) is 17.2. The Morgan fingerprint density at radius 3 is 2.31 bits per heavy atom. The van der Waals surface area contributed by atoms with Crippen LogP contribution in [0, 0.1) is 10.1 Å². The molecule has 1 aromatic heterocycles. The van der Waals surface area contributed by atoms with Gasteiger partial charge in [-0.15, -0.1) is 0 Å². The number of furan rings is 1. The molecule has 7 nitrogen and oxygen atoms in total. The summed E-state index contributed by atoms with van der Waals surface area (Å²) in [7, 11) is 0. The van der Waals surface area contributed by atoms with Gasteiger partial charge in [-0.2, -0.15) is 0 Å². The molecule has 130 valence electrons. The van der Waals surface area contributed by atoms with Crippen LogP contribution >= 0.6 is 0 Å². The summed E-state index contributed by atoms with van der Waals surface area (Å²) in [5, 5.41) is 10.7. The minimum atomic E-state index is -0.762. The summed E-state index contributed by atoms with van der Waals surface area (Å²) in [6.45, 7) is -0.392. The molecule has 0 spiro atoms. The van der Waals surface area contributed by atoms with Gasteiger partial charge in [0.05, 0.1) is 4.92 Å². The molecule has 0 amide bonds. The van der Waals surface area contributed by atoms with Gasteiger partial charge in [-0.05, 0) is 24.3 Å². The van der Waals surface area contributed by atoms with Gasteiger partial charge >= 0.3 is 5.97 Å². The first-order valence-corrected chi connectivity index (χ1v) is 7.64. The molecule has 0 saturated heterocycles. The number of esters is 1. The molecule has 0 N–H and O–H groups in total. The Labute approximate surface area is 148 Å². The van der Waals surface area contributed by atoms with Crippen LogP contribution in [0.5, 0.6) is 0 Å². The summed E-state index contributed by atoms with van der Waals surface area (Å²) in [6.07, 6.45) is 0. The lowest BCUT2D eigenvalue weighted by Crippen LogP contribution is -2.13. The number of nitro benzene ring substituents is 1. The molecular formula is C19H13NO6. The van der Waals surface area contributed by atoms with E-state index in [0.717, 1.165) is 0 Å². The number of nitro groups is 1. The first kappa shape index (κ1) is 17.1. The Morgan fingerprint density at radius 2 is 1.65 bits per heavy atom. The van der Waals surface area contributed by atoms with Crippen LogP contribution in [-0.4, -0.2) is 23.3 Å². The van der Waals surface area contributed by atoms with Crippen molar-refractivity contribution in [3.05, 3.63) is 88.2 Å². The van der Waals surface area contributed by atoms with E-state index in [4.69, 9.17) is 9.15 Å². The number of hydrogen-bond acceptors (Lipinski definition) is 6. The number of nitrogens with zero attached hydrogens (tertiary/aromatic N) is 1. The van der Waals surface area contributed by atoms with Crippen LogP contribution in [0.1, 0.15) is 20.9 Å². The molecule has 0 unspecified atom stereocenters. The molecule has 0 aliphatic rings. The Bertz CT molecular complexity index is 944. The summed E-state index contributed by atoms with van der Waals surface area (Å²) in [4.78, 5) is 34.1. The van der Waals surface area contributed by atoms with Crippen LogP contribution in [0.2, 0.25) is 0 Å². The van der Waals surface area contributed by atoms with Gasteiger partial charge in [0, 0.05) is 23.3 Å². The lowest BCUT2D eigenvalue weighted by molar-refractivity contribution is -0.384. The predicted molar refractivity (Wildman–Crippen MR) is 91.9 cm³/mol. The second-order valence-electron chi connectivity index (χ2n) is 5.33. The number of Topliss-reactive ketones (excluding diaryl/α,β-unsaturated/α-hetero) is 1. The minimum absolute atomic E-state index is 0.0423. The van der Waals surface area contributed by atoms with Gasteiger partial charge in [-0.3, -0.25) is 14.9 Å². The standard InChI is InChI=1S/C19H13NO6/c21-16(13-4-2-1-3-5-13)12-25-19(22)18-11-10-17(26-18)14-6-8-15(9-7-14)20(23)24/h1-11H,12H2. The van der Waals surface area contributed by atoms with Crippen molar-refractivity contribution >= 4 is 17.4 Å². The van der Waals surface area contributed by atoms with Crippen LogP contribution in [0.25, 0.3) is 11.3 Å². The zero-order chi connectivity index (χ0) is 18.5. The number of carbonyl (C=O) groups is 2. The maximum absolute atomic E-state index is 12.0. The monoisotopic (exact) mass is 351 g/mol. The van der Waals surface area contributed by atoms with Crippen LogP contribution < -0.4 is 0 Å². The van der Waals surface area contributed by atoms with Gasteiger partial charge in [0.15, 0.2) is 12.4 Å². The average Bonchev–Trinajstić information content (AvgIpc) is 3.17. The molecule has 0 aliphatic carbocycles. The molecule has 26 heavy (non-hydrogen) atoms. The van der Waals surface area contributed by atoms with E-state index in [9.17, 15) is 19.7 Å². The van der Waals surface area contributed by atoms with Gasteiger partial charge in [-0.1, -0.05) is 30.3 Å². The number of rotatable bonds is 6. The van der Waals surface area contributed by atoms with Gasteiger partial charge < -0.3 is 9.15 Å². The Hall–Kier alpha value is -3.74. The number of non-ortho nitro benzene ring substituents is 1. The quantitative estimate of drug-likeness (QED) is 0.289. The third-order valence-electron chi connectivity index (χ3n) is 3.60. The minimum Gasteiger partial charge on any atom is -0.451 e. The number of benzene rings is 2. The molecule has 0 fully saturated rings. The van der Waals surface area contributed by atoms with Crippen LogP contribution in [0.4, 0.5) is 5.69 Å². The van der Waals surface area contributed by atoms with Crippen molar-refractivity contribution in [2.45, 2.75) is 0 Å². The molecule has 2 aromatic carbocycles. The fourth-order valence-corrected chi connectivity index (χ4v) is 2.26. The summed E-state index contributed by atoms with van der Waals surface area (Å²) >= 11 is 0. The number of ketones is 1. The molecule has 0 radical (unpaired) electrons. The Morgan fingerprint density at radius 1 is 0.962 bits per heavy atom. The van der Waals surface area contributed by atoms with E-state index in [1.165, 1.54) is 30.3 Å². The van der Waals surface area contributed by atoms with Crippen molar-refractivity contribution < 1.29 is 23.7 Å². The smallest absolute Gasteiger partial charge is 0.374 e. The largest absolute Gasteiger partial charge is 0.451 e. The van der Waals surface area contributed by atoms with E-state index in [-0.39, 0.29) is 17.2 Å². The Kier molecular flexibility index (Phi) is 4.89. The van der Waals surface area contributed by atoms with E-state index in [2.05, 4.69) is 0 Å². The average molecular weight is 351 g/mol. The lowest BCUT2D eigenvalue weighted by Gasteiger charge is -2.02. The fraction of sp³-hybridized carbons (Fsp3) is 0.0526. The summed E-state index contributed by atoms with van der Waals surface area (Å²) in [5.41, 5.74) is 0.987. The number of carbonyl (C=O) groups excluding carboxylic acids is 2. The van der Waals surface area contributed by atoms with Crippen LogP contribution in [0.15, 0.2) is 71.1 Å². The van der Waals surface area contributed by atoms with Crippen LogP contribution in [-0.2, 0) is 4.74 Å². The first-order chi connectivity index (χ1) is 12.5. The fourth-order valence-electron chi connectivity index (χ4n) is 2.26. The predicted octanol–water partition coefficient (Wildman–Crippen LogP) is 3.89. The molecule has 0 bridgehead atoms. The molecular weight excluding hydrogens is 338 g/mol. The summed E-state index contributed by atoms with van der Waals surface area (Å²) < 4.78 is 10.4. The van der Waals surface area contributed by atoms with E-state index < -0.39 is 17.5 Å². The van der Waals surface area contributed by atoms with Crippen molar-refractivity contribution in [2.24, 2.45) is 0 Å². The number of ether oxygens (including phenoxy) is 1. The van der Waals surface area contributed by atoms with Crippen molar-refractivity contribution in [1.29, 1.82) is 0 Å².